The van der Waals surface area contributed by atoms with Crippen LogP contribution in [0.5, 0.6) is 0 Å². The van der Waals surface area contributed by atoms with Crippen LogP contribution < -0.4 is 5.32 Å². The molecule has 3 heteroatoms. The van der Waals surface area contributed by atoms with E-state index in [4.69, 9.17) is 0 Å². The van der Waals surface area contributed by atoms with Gasteiger partial charge in [0.05, 0.1) is 0 Å². The lowest BCUT2D eigenvalue weighted by atomic mass is 9.85. The molecule has 0 aromatic rings. The molecule has 1 rings (SSSR count). The molecule has 2 unspecified atom stereocenters. The molecule has 0 bridgehead atoms. The minimum absolute atomic E-state index is 0.0860. The summed E-state index contributed by atoms with van der Waals surface area (Å²) >= 11 is 3.55. The van der Waals surface area contributed by atoms with Gasteiger partial charge in [0.25, 0.3) is 0 Å². The van der Waals surface area contributed by atoms with Crippen LogP contribution in [0, 0.1) is 11.3 Å². The largest absolute Gasteiger partial charge is 0.353 e. The maximum atomic E-state index is 11.9. The molecule has 0 aromatic carbocycles. The van der Waals surface area contributed by atoms with Gasteiger partial charge < -0.3 is 5.32 Å². The second-order valence-corrected chi connectivity index (χ2v) is 6.76. The molecule has 0 radical (unpaired) electrons. The average Bonchev–Trinajstić information content (AvgIpc) is 2.15. The monoisotopic (exact) mass is 289 g/mol. The van der Waals surface area contributed by atoms with Gasteiger partial charge in [0.1, 0.15) is 0 Å². The fourth-order valence-corrected chi connectivity index (χ4v) is 3.10. The Morgan fingerprint density at radius 3 is 2.50 bits per heavy atom. The molecular weight excluding hydrogens is 266 g/mol. The van der Waals surface area contributed by atoms with Crippen molar-refractivity contribution in [3.63, 3.8) is 0 Å². The molecule has 1 saturated carbocycles. The van der Waals surface area contributed by atoms with Gasteiger partial charge in [0, 0.05) is 17.8 Å². The Bertz CT molecular complexity index is 235. The summed E-state index contributed by atoms with van der Waals surface area (Å²) in [6.45, 7) is 6.32. The maximum Gasteiger partial charge on any atom is 0.220 e. The van der Waals surface area contributed by atoms with Crippen LogP contribution >= 0.6 is 15.9 Å². The summed E-state index contributed by atoms with van der Waals surface area (Å²) in [5.74, 6) is 0.836. The number of nitrogens with one attached hydrogen (secondary N) is 1. The normalized spacial score (nSPS) is 26.5. The molecule has 1 fully saturated rings. The van der Waals surface area contributed by atoms with Crippen molar-refractivity contribution in [1.29, 1.82) is 0 Å². The van der Waals surface area contributed by atoms with E-state index in [-0.39, 0.29) is 11.3 Å². The van der Waals surface area contributed by atoms with Crippen LogP contribution in [0.1, 0.15) is 52.9 Å². The van der Waals surface area contributed by atoms with Crippen molar-refractivity contribution in [2.75, 3.05) is 5.33 Å². The predicted molar refractivity (Wildman–Crippen MR) is 71.8 cm³/mol. The first-order valence-corrected chi connectivity index (χ1v) is 7.40. The molecule has 0 aromatic heterocycles. The molecule has 1 aliphatic carbocycles. The second-order valence-electron chi connectivity index (χ2n) is 6.11. The highest BCUT2D eigenvalue weighted by atomic mass is 79.9. The van der Waals surface area contributed by atoms with Gasteiger partial charge in [-0.1, -0.05) is 49.5 Å². The highest BCUT2D eigenvalue weighted by molar-refractivity contribution is 9.09. The first kappa shape index (κ1) is 14.0. The molecule has 1 aliphatic rings. The topological polar surface area (TPSA) is 29.1 Å². The van der Waals surface area contributed by atoms with Gasteiger partial charge >= 0.3 is 0 Å². The third-order valence-electron chi connectivity index (χ3n) is 3.14. The van der Waals surface area contributed by atoms with Crippen LogP contribution in [-0.4, -0.2) is 17.3 Å². The fraction of sp³-hybridized carbons (Fsp3) is 0.923. The molecule has 1 amide bonds. The molecule has 94 valence electrons. The molecule has 2 atom stereocenters. The molecular formula is C13H24BrNO. The standard InChI is InChI=1S/C13H24BrNO/c1-13(2,3)8-12(16)15-11-7-5-4-6-10(11)9-14/h10-11H,4-9H2,1-3H3,(H,15,16). The minimum Gasteiger partial charge on any atom is -0.353 e. The number of carbonyl (C=O) groups excluding carboxylic acids is 1. The van der Waals surface area contributed by atoms with Crippen molar-refractivity contribution >= 4 is 21.8 Å². The van der Waals surface area contributed by atoms with E-state index in [0.717, 1.165) is 11.8 Å². The Labute approximate surface area is 108 Å². The van der Waals surface area contributed by atoms with E-state index < -0.39 is 0 Å². The summed E-state index contributed by atoms with van der Waals surface area (Å²) < 4.78 is 0. The molecule has 0 saturated heterocycles. The van der Waals surface area contributed by atoms with E-state index in [1.54, 1.807) is 0 Å². The van der Waals surface area contributed by atoms with Crippen molar-refractivity contribution in [3.05, 3.63) is 0 Å². The number of carbonyl (C=O) groups is 1. The smallest absolute Gasteiger partial charge is 0.220 e. The predicted octanol–water partition coefficient (Wildman–Crippen LogP) is 3.49. The summed E-state index contributed by atoms with van der Waals surface area (Å²) in [5, 5.41) is 4.21. The Morgan fingerprint density at radius 2 is 1.94 bits per heavy atom. The van der Waals surface area contributed by atoms with Gasteiger partial charge in [-0.2, -0.15) is 0 Å². The highest BCUT2D eigenvalue weighted by Crippen LogP contribution is 2.26. The lowest BCUT2D eigenvalue weighted by Crippen LogP contribution is -2.43. The zero-order valence-corrected chi connectivity index (χ0v) is 12.3. The number of amides is 1. The van der Waals surface area contributed by atoms with Gasteiger partial charge in [-0.25, -0.2) is 0 Å². The number of halogens is 1. The van der Waals surface area contributed by atoms with Crippen molar-refractivity contribution in [3.8, 4) is 0 Å². The zero-order valence-electron chi connectivity index (χ0n) is 10.7. The van der Waals surface area contributed by atoms with Crippen LogP contribution in [0.4, 0.5) is 0 Å². The molecule has 1 N–H and O–H groups in total. The van der Waals surface area contributed by atoms with Crippen LogP contribution in [0.3, 0.4) is 0 Å². The first-order chi connectivity index (χ1) is 7.42. The SMILES string of the molecule is CC(C)(C)CC(=O)NC1CCCCC1CBr. The van der Waals surface area contributed by atoms with E-state index in [2.05, 4.69) is 42.0 Å². The third-order valence-corrected chi connectivity index (χ3v) is 3.98. The van der Waals surface area contributed by atoms with E-state index >= 15 is 0 Å². The number of hydrogen-bond acceptors (Lipinski definition) is 1. The summed E-state index contributed by atoms with van der Waals surface area (Å²) in [6, 6.07) is 0.392. The van der Waals surface area contributed by atoms with E-state index in [1.807, 2.05) is 0 Å². The Hall–Kier alpha value is -0.0500. The van der Waals surface area contributed by atoms with E-state index in [1.165, 1.54) is 19.3 Å². The quantitative estimate of drug-likeness (QED) is 0.792. The lowest BCUT2D eigenvalue weighted by Gasteiger charge is -2.31. The Kier molecular flexibility index (Phi) is 5.29. The van der Waals surface area contributed by atoms with E-state index in [0.29, 0.717) is 18.4 Å². The second kappa shape index (κ2) is 6.04. The zero-order chi connectivity index (χ0) is 12.2. The first-order valence-electron chi connectivity index (χ1n) is 6.28. The van der Waals surface area contributed by atoms with Crippen LogP contribution in [0.25, 0.3) is 0 Å². The van der Waals surface area contributed by atoms with Crippen LogP contribution in [-0.2, 0) is 4.79 Å². The van der Waals surface area contributed by atoms with Gasteiger partial charge in [0.2, 0.25) is 5.91 Å². The van der Waals surface area contributed by atoms with Gasteiger partial charge in [-0.3, -0.25) is 4.79 Å². The number of rotatable bonds is 3. The molecule has 0 spiro atoms. The molecule has 0 heterocycles. The van der Waals surface area contributed by atoms with Gasteiger partial charge in [-0.15, -0.1) is 0 Å². The number of alkyl halides is 1. The average molecular weight is 290 g/mol. The molecule has 2 nitrogen and oxygen atoms in total. The van der Waals surface area contributed by atoms with E-state index in [9.17, 15) is 4.79 Å². The lowest BCUT2D eigenvalue weighted by molar-refractivity contribution is -0.124. The van der Waals surface area contributed by atoms with Crippen molar-refractivity contribution in [1.82, 2.24) is 5.32 Å². The number of hydrogen-bond donors (Lipinski definition) is 1. The van der Waals surface area contributed by atoms with Crippen molar-refractivity contribution < 1.29 is 4.79 Å². The Balaban J connectivity index is 2.42. The fourth-order valence-electron chi connectivity index (χ4n) is 2.32. The van der Waals surface area contributed by atoms with Crippen molar-refractivity contribution in [2.45, 2.75) is 58.9 Å². The summed E-state index contributed by atoms with van der Waals surface area (Å²) in [6.07, 6.45) is 5.57. The summed E-state index contributed by atoms with van der Waals surface area (Å²) in [7, 11) is 0. The summed E-state index contributed by atoms with van der Waals surface area (Å²) in [5.41, 5.74) is 0.0860. The molecule has 0 aliphatic heterocycles. The highest BCUT2D eigenvalue weighted by Gasteiger charge is 2.26. The molecule has 16 heavy (non-hydrogen) atoms. The van der Waals surface area contributed by atoms with Gasteiger partial charge in [0.15, 0.2) is 0 Å². The van der Waals surface area contributed by atoms with Crippen LogP contribution in [0.15, 0.2) is 0 Å². The summed E-state index contributed by atoms with van der Waals surface area (Å²) in [4.78, 5) is 11.9. The van der Waals surface area contributed by atoms with Crippen molar-refractivity contribution in [2.24, 2.45) is 11.3 Å². The maximum absolute atomic E-state index is 11.9. The third kappa shape index (κ3) is 4.86. The minimum atomic E-state index is 0.0860. The van der Waals surface area contributed by atoms with Gasteiger partial charge in [-0.05, 0) is 24.2 Å². The Morgan fingerprint density at radius 1 is 1.31 bits per heavy atom. The van der Waals surface area contributed by atoms with Crippen LogP contribution in [0.2, 0.25) is 0 Å².